The second-order valence-electron chi connectivity index (χ2n) is 5.18. The van der Waals surface area contributed by atoms with Gasteiger partial charge in [0.25, 0.3) is 0 Å². The Morgan fingerprint density at radius 3 is 1.90 bits per heavy atom. The molecule has 1 atom stereocenters. The summed E-state index contributed by atoms with van der Waals surface area (Å²) in [5.41, 5.74) is 6.03. The van der Waals surface area contributed by atoms with Crippen molar-refractivity contribution < 1.29 is 14.6 Å². The van der Waals surface area contributed by atoms with E-state index in [1.807, 2.05) is 60.7 Å². The maximum atomic E-state index is 12.1. The normalized spacial score (nSPS) is 13.7. The van der Waals surface area contributed by atoms with E-state index >= 15 is 0 Å². The number of esters is 1. The number of hydrogen-bond donors (Lipinski definition) is 2. The fourth-order valence-electron chi connectivity index (χ4n) is 1.89. The number of ether oxygens (including phenoxy) is 1. The molecule has 4 nitrogen and oxygen atoms in total. The van der Waals surface area contributed by atoms with Gasteiger partial charge in [-0.2, -0.15) is 0 Å². The summed E-state index contributed by atoms with van der Waals surface area (Å²) >= 11 is 0. The highest BCUT2D eigenvalue weighted by Crippen LogP contribution is 2.27. The van der Waals surface area contributed by atoms with Crippen LogP contribution in [0.2, 0.25) is 0 Å². The van der Waals surface area contributed by atoms with Gasteiger partial charge < -0.3 is 15.6 Å². The Kier molecular flexibility index (Phi) is 4.73. The number of nitrogens with two attached hydrogens (primary N) is 1. The van der Waals surface area contributed by atoms with Crippen molar-refractivity contribution in [2.45, 2.75) is 18.6 Å². The maximum Gasteiger partial charge on any atom is 0.329 e. The van der Waals surface area contributed by atoms with Crippen LogP contribution in [0.5, 0.6) is 0 Å². The molecular formula is C17H19NO3. The number of hydrogen-bond acceptors (Lipinski definition) is 4. The van der Waals surface area contributed by atoms with E-state index in [-0.39, 0.29) is 0 Å². The highest BCUT2D eigenvalue weighted by Gasteiger charge is 2.32. The van der Waals surface area contributed by atoms with Crippen molar-refractivity contribution in [3.05, 3.63) is 71.8 Å². The molecule has 0 unspecified atom stereocenters. The molecule has 4 heteroatoms. The minimum atomic E-state index is -1.41. The average Bonchev–Trinajstić information content (AvgIpc) is 2.54. The molecule has 0 saturated heterocycles. The first-order valence-corrected chi connectivity index (χ1v) is 6.75. The highest BCUT2D eigenvalue weighted by atomic mass is 16.5. The van der Waals surface area contributed by atoms with Gasteiger partial charge in [0.15, 0.2) is 6.10 Å². The predicted molar refractivity (Wildman–Crippen MR) is 80.5 cm³/mol. The van der Waals surface area contributed by atoms with Gasteiger partial charge in [0, 0.05) is 0 Å². The monoisotopic (exact) mass is 285 g/mol. The molecular weight excluding hydrogens is 266 g/mol. The molecule has 21 heavy (non-hydrogen) atoms. The Labute approximate surface area is 124 Å². The largest absolute Gasteiger partial charge is 0.451 e. The van der Waals surface area contributed by atoms with Gasteiger partial charge in [-0.3, -0.25) is 0 Å². The third kappa shape index (κ3) is 3.68. The summed E-state index contributed by atoms with van der Waals surface area (Å²) in [5, 5.41) is 9.19. The van der Waals surface area contributed by atoms with Crippen molar-refractivity contribution >= 4 is 5.97 Å². The van der Waals surface area contributed by atoms with Crippen LogP contribution in [0.4, 0.5) is 0 Å². The third-order valence-corrected chi connectivity index (χ3v) is 3.22. The van der Waals surface area contributed by atoms with Crippen molar-refractivity contribution in [1.29, 1.82) is 0 Å². The van der Waals surface area contributed by atoms with E-state index in [9.17, 15) is 9.90 Å². The fourth-order valence-corrected chi connectivity index (χ4v) is 1.89. The summed E-state index contributed by atoms with van der Waals surface area (Å²) in [4.78, 5) is 12.1. The first-order chi connectivity index (χ1) is 10.0. The van der Waals surface area contributed by atoms with Crippen LogP contribution in [-0.2, 0) is 9.53 Å². The van der Waals surface area contributed by atoms with Gasteiger partial charge in [0.2, 0.25) is 0 Å². The van der Waals surface area contributed by atoms with Crippen molar-refractivity contribution in [3.63, 3.8) is 0 Å². The molecule has 0 aliphatic heterocycles. The Morgan fingerprint density at radius 1 is 1.10 bits per heavy atom. The zero-order valence-corrected chi connectivity index (χ0v) is 11.9. The van der Waals surface area contributed by atoms with Crippen molar-refractivity contribution in [2.24, 2.45) is 5.73 Å². The lowest BCUT2D eigenvalue weighted by molar-refractivity contribution is -0.155. The Morgan fingerprint density at radius 2 is 1.52 bits per heavy atom. The lowest BCUT2D eigenvalue weighted by atomic mass is 10.0. The number of aliphatic hydroxyl groups is 1. The zero-order valence-electron chi connectivity index (χ0n) is 11.9. The summed E-state index contributed by atoms with van der Waals surface area (Å²) in [6, 6.07) is 18.9. The maximum absolute atomic E-state index is 12.1. The van der Waals surface area contributed by atoms with Crippen LogP contribution in [0.15, 0.2) is 60.7 Å². The summed E-state index contributed by atoms with van der Waals surface area (Å²) in [5.74, 6) is -0.636. The van der Waals surface area contributed by atoms with E-state index < -0.39 is 24.2 Å². The molecule has 0 saturated carbocycles. The zero-order chi connectivity index (χ0) is 15.3. The quantitative estimate of drug-likeness (QED) is 0.824. The first kappa shape index (κ1) is 15.2. The molecule has 0 heterocycles. The van der Waals surface area contributed by atoms with Crippen LogP contribution >= 0.6 is 0 Å². The SMILES string of the molecule is C[C@@](N)(CO)C(=O)OC(c1ccccc1)c1ccccc1. The van der Waals surface area contributed by atoms with E-state index in [2.05, 4.69) is 0 Å². The third-order valence-electron chi connectivity index (χ3n) is 3.22. The van der Waals surface area contributed by atoms with E-state index in [1.54, 1.807) is 0 Å². The van der Waals surface area contributed by atoms with Gasteiger partial charge in [0.05, 0.1) is 6.61 Å². The second-order valence-corrected chi connectivity index (χ2v) is 5.18. The predicted octanol–water partition coefficient (Wildman–Crippen LogP) is 2.03. The molecule has 0 radical (unpaired) electrons. The molecule has 0 spiro atoms. The lowest BCUT2D eigenvalue weighted by Gasteiger charge is -2.25. The van der Waals surface area contributed by atoms with Gasteiger partial charge in [-0.15, -0.1) is 0 Å². The minimum absolute atomic E-state index is 0.470. The first-order valence-electron chi connectivity index (χ1n) is 6.75. The second kappa shape index (κ2) is 6.52. The molecule has 0 aliphatic rings. The summed E-state index contributed by atoms with van der Waals surface area (Å²) < 4.78 is 5.55. The highest BCUT2D eigenvalue weighted by molar-refractivity contribution is 5.80. The molecule has 110 valence electrons. The van der Waals surface area contributed by atoms with Gasteiger partial charge in [-0.1, -0.05) is 60.7 Å². The van der Waals surface area contributed by atoms with Crippen LogP contribution in [-0.4, -0.2) is 23.2 Å². The van der Waals surface area contributed by atoms with Crippen LogP contribution < -0.4 is 5.73 Å². The molecule has 2 aromatic rings. The van der Waals surface area contributed by atoms with Gasteiger partial charge in [0.1, 0.15) is 5.54 Å². The molecule has 3 N–H and O–H groups in total. The summed E-state index contributed by atoms with van der Waals surface area (Å²) in [6.07, 6.45) is -0.547. The van der Waals surface area contributed by atoms with E-state index in [0.717, 1.165) is 11.1 Å². The molecule has 2 rings (SSSR count). The van der Waals surface area contributed by atoms with Gasteiger partial charge >= 0.3 is 5.97 Å². The average molecular weight is 285 g/mol. The fraction of sp³-hybridized carbons (Fsp3) is 0.235. The molecule has 0 amide bonds. The molecule has 0 aliphatic carbocycles. The van der Waals surface area contributed by atoms with E-state index in [0.29, 0.717) is 0 Å². The number of benzene rings is 2. The topological polar surface area (TPSA) is 72.5 Å². The standard InChI is InChI=1S/C17H19NO3/c1-17(18,12-19)16(20)21-15(13-8-4-2-5-9-13)14-10-6-3-7-11-14/h2-11,15,19H,12,18H2,1H3/t17-/m1/s1. The van der Waals surface area contributed by atoms with E-state index in [1.165, 1.54) is 6.92 Å². The molecule has 0 fully saturated rings. The molecule has 0 bridgehead atoms. The van der Waals surface area contributed by atoms with Gasteiger partial charge in [-0.25, -0.2) is 4.79 Å². The number of rotatable bonds is 5. The molecule has 0 aromatic heterocycles. The minimum Gasteiger partial charge on any atom is -0.451 e. The van der Waals surface area contributed by atoms with Gasteiger partial charge in [-0.05, 0) is 18.1 Å². The van der Waals surface area contributed by atoms with Crippen molar-refractivity contribution in [1.82, 2.24) is 0 Å². The number of carbonyl (C=O) groups is 1. The van der Waals surface area contributed by atoms with Crippen LogP contribution in [0.3, 0.4) is 0 Å². The van der Waals surface area contributed by atoms with E-state index in [4.69, 9.17) is 10.5 Å². The van der Waals surface area contributed by atoms with Crippen LogP contribution in [0, 0.1) is 0 Å². The number of aliphatic hydroxyl groups excluding tert-OH is 1. The Balaban J connectivity index is 2.32. The summed E-state index contributed by atoms with van der Waals surface area (Å²) in [6.45, 7) is 0.977. The number of carbonyl (C=O) groups excluding carboxylic acids is 1. The van der Waals surface area contributed by atoms with Crippen LogP contribution in [0.25, 0.3) is 0 Å². The van der Waals surface area contributed by atoms with Crippen LogP contribution in [0.1, 0.15) is 24.2 Å². The summed E-state index contributed by atoms with van der Waals surface area (Å²) in [7, 11) is 0. The smallest absolute Gasteiger partial charge is 0.329 e. The van der Waals surface area contributed by atoms with Crippen molar-refractivity contribution in [2.75, 3.05) is 6.61 Å². The lowest BCUT2D eigenvalue weighted by Crippen LogP contribution is -2.49. The Bertz CT molecular complexity index is 542. The van der Waals surface area contributed by atoms with Crippen molar-refractivity contribution in [3.8, 4) is 0 Å². The molecule has 2 aromatic carbocycles. The Hall–Kier alpha value is -2.17.